The quantitative estimate of drug-likeness (QED) is 0.617. The van der Waals surface area contributed by atoms with E-state index in [2.05, 4.69) is 27.5 Å². The summed E-state index contributed by atoms with van der Waals surface area (Å²) in [5.41, 5.74) is 2.05. The molecule has 2 aliphatic rings. The third-order valence-corrected chi connectivity index (χ3v) is 7.48. The molecular weight excluding hydrogens is 406 g/mol. The van der Waals surface area contributed by atoms with Gasteiger partial charge >= 0.3 is 0 Å². The molecule has 2 aromatic rings. The molecule has 2 heterocycles. The van der Waals surface area contributed by atoms with Gasteiger partial charge in [-0.15, -0.1) is 0 Å². The van der Waals surface area contributed by atoms with Gasteiger partial charge in [-0.1, -0.05) is 35.5 Å². The summed E-state index contributed by atoms with van der Waals surface area (Å²) in [5.74, 6) is 0.361. The monoisotopic (exact) mass is 441 g/mol. The molecule has 32 heavy (non-hydrogen) atoms. The maximum absolute atomic E-state index is 13.0. The zero-order valence-corrected chi connectivity index (χ0v) is 19.1. The molecule has 0 bridgehead atoms. The fourth-order valence-electron chi connectivity index (χ4n) is 5.51. The highest BCUT2D eigenvalue weighted by Gasteiger charge is 2.40. The minimum Gasteiger partial charge on any atom is -0.393 e. The molecule has 1 saturated heterocycles. The molecule has 7 heteroatoms. The van der Waals surface area contributed by atoms with E-state index in [0.717, 1.165) is 45.2 Å². The zero-order chi connectivity index (χ0) is 22.7. The Balaban J connectivity index is 1.54. The Hall–Kier alpha value is -2.22. The van der Waals surface area contributed by atoms with E-state index >= 15 is 0 Å². The van der Waals surface area contributed by atoms with E-state index in [1.807, 2.05) is 18.2 Å². The molecular formula is C25H35N3O4. The van der Waals surface area contributed by atoms with E-state index < -0.39 is 6.10 Å². The molecule has 2 fully saturated rings. The average Bonchev–Trinajstić information content (AvgIpc) is 3.04. The summed E-state index contributed by atoms with van der Waals surface area (Å²) in [5, 5.41) is 28.0. The molecule has 4 rings (SSSR count). The first-order chi connectivity index (χ1) is 15.4. The summed E-state index contributed by atoms with van der Waals surface area (Å²) in [4.78, 5) is 15.3. The van der Waals surface area contributed by atoms with Crippen LogP contribution < -0.4 is 5.32 Å². The number of likely N-dealkylation sites (tertiary alicyclic amines) is 1. The highest BCUT2D eigenvalue weighted by Crippen LogP contribution is 2.39. The van der Waals surface area contributed by atoms with E-state index in [1.54, 1.807) is 13.8 Å². The van der Waals surface area contributed by atoms with Gasteiger partial charge in [-0.05, 0) is 57.9 Å². The minimum atomic E-state index is -0.408. The van der Waals surface area contributed by atoms with Crippen molar-refractivity contribution in [3.63, 3.8) is 0 Å². The number of aryl methyl sites for hydroxylation is 2. The third-order valence-electron chi connectivity index (χ3n) is 7.48. The Bertz CT molecular complexity index is 888. The topological polar surface area (TPSA) is 98.8 Å². The number of piperidine rings is 1. The molecule has 3 N–H and O–H groups in total. The molecule has 1 aliphatic carbocycles. The molecule has 1 aromatic heterocycles. The first kappa shape index (κ1) is 23.0. The molecule has 0 unspecified atom stereocenters. The lowest BCUT2D eigenvalue weighted by Gasteiger charge is -2.38. The van der Waals surface area contributed by atoms with E-state index in [-0.39, 0.29) is 23.5 Å². The standard InChI is InChI=1S/C25H35N3O4/c1-17-23(18(2)32-27-17)24(31)26-16-25(19-6-4-3-5-7-19)12-8-21(22(30)9-13-25)28-14-10-20(29)11-15-28/h3-7,20-22,29-30H,8-16H2,1-2H3,(H,26,31)/t21-,22-,25-/m0/s1. The van der Waals surface area contributed by atoms with Crippen molar-refractivity contribution < 1.29 is 19.5 Å². The lowest BCUT2D eigenvalue weighted by atomic mass is 9.74. The molecule has 3 atom stereocenters. The summed E-state index contributed by atoms with van der Waals surface area (Å²) < 4.78 is 5.17. The Morgan fingerprint density at radius 1 is 1.12 bits per heavy atom. The maximum Gasteiger partial charge on any atom is 0.256 e. The maximum atomic E-state index is 13.0. The van der Waals surface area contributed by atoms with Crippen molar-refractivity contribution in [3.05, 3.63) is 52.9 Å². The second-order valence-electron chi connectivity index (χ2n) is 9.51. The number of carbonyl (C=O) groups is 1. The van der Waals surface area contributed by atoms with Gasteiger partial charge < -0.3 is 20.1 Å². The fourth-order valence-corrected chi connectivity index (χ4v) is 5.51. The van der Waals surface area contributed by atoms with Crippen LogP contribution in [0.4, 0.5) is 0 Å². The van der Waals surface area contributed by atoms with E-state index in [0.29, 0.717) is 30.0 Å². The normalized spacial score (nSPS) is 27.8. The van der Waals surface area contributed by atoms with E-state index in [4.69, 9.17) is 4.52 Å². The van der Waals surface area contributed by atoms with Crippen LogP contribution in [-0.4, -0.2) is 64.1 Å². The Kier molecular flexibility index (Phi) is 6.98. The highest BCUT2D eigenvalue weighted by atomic mass is 16.5. The van der Waals surface area contributed by atoms with Crippen LogP contribution >= 0.6 is 0 Å². The van der Waals surface area contributed by atoms with Crippen molar-refractivity contribution in [2.45, 2.75) is 76.0 Å². The second-order valence-corrected chi connectivity index (χ2v) is 9.51. The van der Waals surface area contributed by atoms with Crippen molar-refractivity contribution in [2.24, 2.45) is 0 Å². The largest absolute Gasteiger partial charge is 0.393 e. The van der Waals surface area contributed by atoms with Crippen LogP contribution in [0.2, 0.25) is 0 Å². The lowest BCUT2D eigenvalue weighted by molar-refractivity contribution is 0.00482. The average molecular weight is 442 g/mol. The molecule has 1 aromatic carbocycles. The molecule has 1 aliphatic heterocycles. The summed E-state index contributed by atoms with van der Waals surface area (Å²) in [7, 11) is 0. The number of aliphatic hydroxyl groups excluding tert-OH is 2. The van der Waals surface area contributed by atoms with Crippen molar-refractivity contribution in [3.8, 4) is 0 Å². The number of aliphatic hydroxyl groups is 2. The van der Waals surface area contributed by atoms with Crippen LogP contribution in [0.1, 0.15) is 65.9 Å². The van der Waals surface area contributed by atoms with Crippen LogP contribution in [0, 0.1) is 13.8 Å². The zero-order valence-electron chi connectivity index (χ0n) is 19.1. The van der Waals surface area contributed by atoms with Crippen LogP contribution in [0.5, 0.6) is 0 Å². The van der Waals surface area contributed by atoms with Gasteiger partial charge in [0.15, 0.2) is 0 Å². The van der Waals surface area contributed by atoms with Gasteiger partial charge in [0.25, 0.3) is 5.91 Å². The molecule has 7 nitrogen and oxygen atoms in total. The Morgan fingerprint density at radius 3 is 2.47 bits per heavy atom. The molecule has 0 radical (unpaired) electrons. The van der Waals surface area contributed by atoms with Crippen LogP contribution in [0.25, 0.3) is 0 Å². The summed E-state index contributed by atoms with van der Waals surface area (Å²) in [6, 6.07) is 10.4. The van der Waals surface area contributed by atoms with Gasteiger partial charge in [-0.3, -0.25) is 9.69 Å². The van der Waals surface area contributed by atoms with E-state index in [1.165, 1.54) is 5.56 Å². The van der Waals surface area contributed by atoms with Crippen molar-refractivity contribution >= 4 is 5.91 Å². The predicted molar refractivity (Wildman–Crippen MR) is 122 cm³/mol. The number of rotatable bonds is 5. The lowest BCUT2D eigenvalue weighted by Crippen LogP contribution is -2.48. The number of aromatic nitrogens is 1. The molecule has 1 saturated carbocycles. The molecule has 1 amide bonds. The number of nitrogens with one attached hydrogen (secondary N) is 1. The van der Waals surface area contributed by atoms with Gasteiger partial charge in [-0.2, -0.15) is 0 Å². The molecule has 0 spiro atoms. The van der Waals surface area contributed by atoms with Gasteiger partial charge in [0, 0.05) is 31.1 Å². The Labute approximate surface area is 189 Å². The number of amides is 1. The summed E-state index contributed by atoms with van der Waals surface area (Å²) in [6.45, 7) is 5.68. The number of nitrogens with zero attached hydrogens (tertiary/aromatic N) is 2. The summed E-state index contributed by atoms with van der Waals surface area (Å²) >= 11 is 0. The van der Waals surface area contributed by atoms with Gasteiger partial charge in [0.1, 0.15) is 11.3 Å². The van der Waals surface area contributed by atoms with Crippen LogP contribution in [0.3, 0.4) is 0 Å². The van der Waals surface area contributed by atoms with Gasteiger partial charge in [0.2, 0.25) is 0 Å². The Morgan fingerprint density at radius 2 is 1.81 bits per heavy atom. The number of benzene rings is 1. The first-order valence-electron chi connectivity index (χ1n) is 11.8. The fraction of sp³-hybridized carbons (Fsp3) is 0.600. The number of hydrogen-bond donors (Lipinski definition) is 3. The first-order valence-corrected chi connectivity index (χ1v) is 11.8. The van der Waals surface area contributed by atoms with E-state index in [9.17, 15) is 15.0 Å². The molecule has 174 valence electrons. The summed E-state index contributed by atoms with van der Waals surface area (Å²) in [6.07, 6.45) is 4.10. The van der Waals surface area contributed by atoms with Gasteiger partial charge in [-0.25, -0.2) is 0 Å². The van der Waals surface area contributed by atoms with Crippen molar-refractivity contribution in [1.29, 1.82) is 0 Å². The third kappa shape index (κ3) is 4.75. The van der Waals surface area contributed by atoms with Gasteiger partial charge in [0.05, 0.1) is 17.9 Å². The van der Waals surface area contributed by atoms with Crippen LogP contribution in [-0.2, 0) is 5.41 Å². The number of hydrogen-bond acceptors (Lipinski definition) is 6. The smallest absolute Gasteiger partial charge is 0.256 e. The second kappa shape index (κ2) is 9.73. The SMILES string of the molecule is Cc1noc(C)c1C(=O)NC[C@@]1(c2ccccc2)CC[C@H](O)[C@@H](N2CCC(O)CC2)CC1. The minimum absolute atomic E-state index is 0.0892. The van der Waals surface area contributed by atoms with Crippen LogP contribution in [0.15, 0.2) is 34.9 Å². The highest BCUT2D eigenvalue weighted by molar-refractivity contribution is 5.96. The van der Waals surface area contributed by atoms with Crippen molar-refractivity contribution in [2.75, 3.05) is 19.6 Å². The number of carbonyl (C=O) groups excluding carboxylic acids is 1. The predicted octanol–water partition coefficient (Wildman–Crippen LogP) is 2.72. The van der Waals surface area contributed by atoms with Crippen molar-refractivity contribution in [1.82, 2.24) is 15.4 Å².